The van der Waals surface area contributed by atoms with Gasteiger partial charge in [-0.05, 0) is 24.3 Å². The van der Waals surface area contributed by atoms with Gasteiger partial charge in [-0.15, -0.1) is 0 Å². The van der Waals surface area contributed by atoms with E-state index in [0.29, 0.717) is 17.8 Å². The average molecular weight is 335 g/mol. The van der Waals surface area contributed by atoms with Gasteiger partial charge in [0.05, 0.1) is 12.7 Å². The molecule has 0 aliphatic carbocycles. The second-order valence-corrected chi connectivity index (χ2v) is 5.14. The lowest BCUT2D eigenvalue weighted by atomic mass is 10.1. The van der Waals surface area contributed by atoms with Crippen molar-refractivity contribution in [1.82, 2.24) is 5.32 Å². The van der Waals surface area contributed by atoms with Crippen LogP contribution in [0.15, 0.2) is 46.9 Å². The highest BCUT2D eigenvalue weighted by Gasteiger charge is 2.11. The molecule has 2 rings (SSSR count). The minimum Gasteiger partial charge on any atom is -0.496 e. The summed E-state index contributed by atoms with van der Waals surface area (Å²) in [7, 11) is 1.60. The Kier molecular flexibility index (Phi) is 4.63. The number of nitrogens with one attached hydrogen (secondary N) is 1. The van der Waals surface area contributed by atoms with Crippen molar-refractivity contribution in [2.45, 2.75) is 6.54 Å². The number of ether oxygens (including phenoxy) is 1. The van der Waals surface area contributed by atoms with Crippen molar-refractivity contribution in [1.29, 1.82) is 0 Å². The van der Waals surface area contributed by atoms with Crippen LogP contribution in [0.4, 0.5) is 5.69 Å². The second kappa shape index (κ2) is 6.43. The fourth-order valence-electron chi connectivity index (χ4n) is 1.84. The van der Waals surface area contributed by atoms with Gasteiger partial charge in [0, 0.05) is 22.3 Å². The van der Waals surface area contributed by atoms with Gasteiger partial charge < -0.3 is 15.8 Å². The summed E-state index contributed by atoms with van der Waals surface area (Å²) in [5.41, 5.74) is 7.63. The maximum atomic E-state index is 12.1. The molecule has 4 nitrogen and oxygen atoms in total. The number of nitrogen functional groups attached to an aromatic ring is 1. The molecule has 0 aromatic heterocycles. The lowest BCUT2D eigenvalue weighted by molar-refractivity contribution is 0.0951. The molecule has 0 heterocycles. The maximum absolute atomic E-state index is 12.1. The summed E-state index contributed by atoms with van der Waals surface area (Å²) < 4.78 is 6.06. The quantitative estimate of drug-likeness (QED) is 0.845. The first-order valence-corrected chi connectivity index (χ1v) is 6.86. The van der Waals surface area contributed by atoms with E-state index in [1.165, 1.54) is 0 Å². The third-order valence-electron chi connectivity index (χ3n) is 2.89. The highest BCUT2D eigenvalue weighted by atomic mass is 79.9. The van der Waals surface area contributed by atoms with Crippen molar-refractivity contribution in [2.75, 3.05) is 12.8 Å². The van der Waals surface area contributed by atoms with Gasteiger partial charge in [-0.2, -0.15) is 0 Å². The Bertz CT molecular complexity index is 629. The number of hydrogen-bond donors (Lipinski definition) is 2. The topological polar surface area (TPSA) is 64.3 Å². The summed E-state index contributed by atoms with van der Waals surface area (Å²) in [6.45, 7) is 0.384. The molecule has 0 aliphatic rings. The summed E-state index contributed by atoms with van der Waals surface area (Å²) in [5, 5.41) is 2.84. The number of carbonyl (C=O) groups excluding carboxylic acids is 1. The van der Waals surface area contributed by atoms with Gasteiger partial charge in [-0.3, -0.25) is 4.79 Å². The minimum atomic E-state index is -0.213. The second-order valence-electron chi connectivity index (χ2n) is 4.23. The molecule has 0 aliphatic heterocycles. The highest BCUT2D eigenvalue weighted by molar-refractivity contribution is 9.10. The van der Waals surface area contributed by atoms with Crippen LogP contribution in [0.5, 0.6) is 5.75 Å². The lowest BCUT2D eigenvalue weighted by Crippen LogP contribution is -2.24. The van der Waals surface area contributed by atoms with E-state index >= 15 is 0 Å². The SMILES string of the molecule is COc1ccccc1CNC(=O)c1cc(Br)ccc1N. The Morgan fingerprint density at radius 2 is 2.05 bits per heavy atom. The highest BCUT2D eigenvalue weighted by Crippen LogP contribution is 2.20. The normalized spacial score (nSPS) is 10.1. The molecule has 2 aromatic carbocycles. The van der Waals surface area contributed by atoms with Crippen LogP contribution < -0.4 is 15.8 Å². The van der Waals surface area contributed by atoms with E-state index in [-0.39, 0.29) is 5.91 Å². The largest absolute Gasteiger partial charge is 0.496 e. The minimum absolute atomic E-state index is 0.213. The van der Waals surface area contributed by atoms with Crippen molar-refractivity contribution in [2.24, 2.45) is 0 Å². The van der Waals surface area contributed by atoms with Gasteiger partial charge >= 0.3 is 0 Å². The van der Waals surface area contributed by atoms with Crippen LogP contribution in [-0.4, -0.2) is 13.0 Å². The van der Waals surface area contributed by atoms with E-state index in [0.717, 1.165) is 15.8 Å². The van der Waals surface area contributed by atoms with Crippen molar-refractivity contribution < 1.29 is 9.53 Å². The van der Waals surface area contributed by atoms with E-state index in [9.17, 15) is 4.79 Å². The zero-order valence-electron chi connectivity index (χ0n) is 11.0. The standard InChI is InChI=1S/C15H15BrN2O2/c1-20-14-5-3-2-4-10(14)9-18-15(19)12-8-11(16)6-7-13(12)17/h2-8H,9,17H2,1H3,(H,18,19). The molecule has 3 N–H and O–H groups in total. The van der Waals surface area contributed by atoms with Gasteiger partial charge in [0.15, 0.2) is 0 Å². The molecule has 0 spiro atoms. The lowest BCUT2D eigenvalue weighted by Gasteiger charge is -2.10. The van der Waals surface area contributed by atoms with Gasteiger partial charge in [0.1, 0.15) is 5.75 Å². The summed E-state index contributed by atoms with van der Waals surface area (Å²) in [6.07, 6.45) is 0. The number of rotatable bonds is 4. The zero-order valence-corrected chi connectivity index (χ0v) is 12.6. The summed E-state index contributed by atoms with van der Waals surface area (Å²) in [4.78, 5) is 12.1. The van der Waals surface area contributed by atoms with Crippen molar-refractivity contribution >= 4 is 27.5 Å². The molecule has 2 aromatic rings. The number of nitrogens with two attached hydrogens (primary N) is 1. The Morgan fingerprint density at radius 3 is 2.80 bits per heavy atom. The summed E-state index contributed by atoms with van der Waals surface area (Å²) in [6, 6.07) is 12.7. The van der Waals surface area contributed by atoms with E-state index in [4.69, 9.17) is 10.5 Å². The smallest absolute Gasteiger partial charge is 0.253 e. The number of hydrogen-bond acceptors (Lipinski definition) is 3. The van der Waals surface area contributed by atoms with Gasteiger partial charge in [-0.25, -0.2) is 0 Å². The van der Waals surface area contributed by atoms with E-state index in [2.05, 4.69) is 21.2 Å². The van der Waals surface area contributed by atoms with E-state index < -0.39 is 0 Å². The molecule has 1 amide bonds. The molecule has 0 saturated carbocycles. The molecular weight excluding hydrogens is 320 g/mol. The van der Waals surface area contributed by atoms with Gasteiger partial charge in [-0.1, -0.05) is 34.1 Å². The Balaban J connectivity index is 2.11. The average Bonchev–Trinajstić information content (AvgIpc) is 2.47. The number of anilines is 1. The Labute approximate surface area is 126 Å². The number of halogens is 1. The summed E-state index contributed by atoms with van der Waals surface area (Å²) >= 11 is 3.33. The maximum Gasteiger partial charge on any atom is 0.253 e. The van der Waals surface area contributed by atoms with Crippen molar-refractivity contribution in [3.05, 3.63) is 58.1 Å². The van der Waals surface area contributed by atoms with E-state index in [1.54, 1.807) is 25.3 Å². The number of benzene rings is 2. The number of amides is 1. The number of para-hydroxylation sites is 1. The third-order valence-corrected chi connectivity index (χ3v) is 3.39. The molecule has 20 heavy (non-hydrogen) atoms. The van der Waals surface area contributed by atoms with Crippen molar-refractivity contribution in [3.8, 4) is 5.75 Å². The van der Waals surface area contributed by atoms with Gasteiger partial charge in [0.2, 0.25) is 0 Å². The molecule has 0 atom stereocenters. The van der Waals surface area contributed by atoms with E-state index in [1.807, 2.05) is 24.3 Å². The molecule has 0 saturated heterocycles. The molecule has 0 radical (unpaired) electrons. The fraction of sp³-hybridized carbons (Fsp3) is 0.133. The van der Waals surface area contributed by atoms with Crippen LogP contribution in [0.25, 0.3) is 0 Å². The van der Waals surface area contributed by atoms with Gasteiger partial charge in [0.25, 0.3) is 5.91 Å². The molecule has 5 heteroatoms. The Hall–Kier alpha value is -2.01. The molecule has 0 fully saturated rings. The van der Waals surface area contributed by atoms with Crippen LogP contribution >= 0.6 is 15.9 Å². The predicted octanol–water partition coefficient (Wildman–Crippen LogP) is 2.97. The summed E-state index contributed by atoms with van der Waals surface area (Å²) in [5.74, 6) is 0.532. The van der Waals surface area contributed by atoms with Crippen LogP contribution in [0.2, 0.25) is 0 Å². The molecular formula is C15H15BrN2O2. The number of carbonyl (C=O) groups is 1. The Morgan fingerprint density at radius 1 is 1.30 bits per heavy atom. The molecule has 0 bridgehead atoms. The molecule has 0 unspecified atom stereocenters. The molecule has 104 valence electrons. The van der Waals surface area contributed by atoms with Crippen LogP contribution in [0.1, 0.15) is 15.9 Å². The van der Waals surface area contributed by atoms with Crippen LogP contribution in [0.3, 0.4) is 0 Å². The number of methoxy groups -OCH3 is 1. The van der Waals surface area contributed by atoms with Crippen molar-refractivity contribution in [3.63, 3.8) is 0 Å². The predicted molar refractivity (Wildman–Crippen MR) is 82.7 cm³/mol. The first-order chi connectivity index (χ1) is 9.61. The fourth-order valence-corrected chi connectivity index (χ4v) is 2.21. The first kappa shape index (κ1) is 14.4. The monoisotopic (exact) mass is 334 g/mol. The van der Waals surface area contributed by atoms with Crippen LogP contribution in [-0.2, 0) is 6.54 Å². The van der Waals surface area contributed by atoms with Crippen LogP contribution in [0, 0.1) is 0 Å². The third kappa shape index (κ3) is 3.30. The zero-order chi connectivity index (χ0) is 14.5. The first-order valence-electron chi connectivity index (χ1n) is 6.07.